The Balaban J connectivity index is 1.31. The first-order valence-electron chi connectivity index (χ1n) is 12.5. The maximum Gasteiger partial charge on any atom is 0.125 e. The monoisotopic (exact) mass is 445 g/mol. The van der Waals surface area contributed by atoms with Gasteiger partial charge in [-0.05, 0) is 87.0 Å². The van der Waals surface area contributed by atoms with Gasteiger partial charge in [-0.25, -0.2) is 0 Å². The van der Waals surface area contributed by atoms with Crippen molar-refractivity contribution in [1.29, 1.82) is 0 Å². The van der Waals surface area contributed by atoms with Crippen LogP contribution in [0.5, 0.6) is 0 Å². The number of rotatable bonds is 4. The average Bonchev–Trinajstić information content (AvgIpc) is 3.26. The molecule has 1 saturated carbocycles. The summed E-state index contributed by atoms with van der Waals surface area (Å²) in [5.74, 6) is 6.62. The maximum atomic E-state index is 10.5. The summed E-state index contributed by atoms with van der Waals surface area (Å²) >= 11 is 0. The normalized spacial score (nSPS) is 27.5. The lowest BCUT2D eigenvalue weighted by atomic mass is 9.74. The van der Waals surface area contributed by atoms with E-state index in [1.54, 1.807) is 0 Å². The van der Waals surface area contributed by atoms with Gasteiger partial charge in [0.05, 0.1) is 6.61 Å². The van der Waals surface area contributed by atoms with Gasteiger partial charge in [0.15, 0.2) is 0 Å². The maximum absolute atomic E-state index is 10.5. The van der Waals surface area contributed by atoms with E-state index in [9.17, 15) is 10.2 Å². The molecule has 2 N–H and O–H groups in total. The first-order chi connectivity index (χ1) is 16.1. The van der Waals surface area contributed by atoms with Gasteiger partial charge in [0, 0.05) is 49.0 Å². The van der Waals surface area contributed by atoms with Crippen molar-refractivity contribution in [3.05, 3.63) is 65.5 Å². The molecule has 0 bridgehead atoms. The lowest BCUT2D eigenvalue weighted by molar-refractivity contribution is -0.0655. The van der Waals surface area contributed by atoms with Crippen molar-refractivity contribution in [1.82, 2.24) is 14.8 Å². The molecule has 3 aliphatic rings. The van der Waals surface area contributed by atoms with Gasteiger partial charge in [0.2, 0.25) is 0 Å². The Hall–Kier alpha value is -2.23. The number of fused-ring (bicyclic) bond motifs is 1. The van der Waals surface area contributed by atoms with Crippen LogP contribution in [0.4, 0.5) is 0 Å². The van der Waals surface area contributed by atoms with Gasteiger partial charge in [-0.3, -0.25) is 14.8 Å². The van der Waals surface area contributed by atoms with Gasteiger partial charge in [-0.15, -0.1) is 0 Å². The zero-order valence-electron chi connectivity index (χ0n) is 19.4. The Bertz CT molecular complexity index is 976. The van der Waals surface area contributed by atoms with Crippen molar-refractivity contribution in [2.24, 2.45) is 0 Å². The van der Waals surface area contributed by atoms with Crippen LogP contribution in [0.25, 0.3) is 0 Å². The number of hydrogen-bond donors (Lipinski definition) is 2. The van der Waals surface area contributed by atoms with E-state index >= 15 is 0 Å². The number of aromatic nitrogens is 1. The fourth-order valence-electron chi connectivity index (χ4n) is 5.96. The molecule has 5 heteroatoms. The standard InChI is InChI=1S/C28H35N3O2/c32-21-26-27(24-7-5-22(6-8-24)9-14-28(33)12-1-2-13-28)25-20-30(17-3-4-18-31(25)26)19-23-10-15-29-16-11-23/h5-8,10-11,15-16,25-27,32-33H,1-4,12-13,17-21H2/t25-,26+,27-/m0/s1. The molecule has 1 aromatic carbocycles. The predicted octanol–water partition coefficient (Wildman–Crippen LogP) is 3.16. The molecule has 174 valence electrons. The first kappa shape index (κ1) is 22.6. The molecule has 3 heterocycles. The highest BCUT2D eigenvalue weighted by Crippen LogP contribution is 2.42. The molecule has 3 atom stereocenters. The van der Waals surface area contributed by atoms with E-state index in [2.05, 4.69) is 63.0 Å². The van der Waals surface area contributed by atoms with E-state index in [1.807, 2.05) is 12.4 Å². The number of hydrogen-bond acceptors (Lipinski definition) is 5. The van der Waals surface area contributed by atoms with E-state index < -0.39 is 5.60 Å². The summed E-state index contributed by atoms with van der Waals surface area (Å²) in [5.41, 5.74) is 2.74. The molecule has 5 nitrogen and oxygen atoms in total. The van der Waals surface area contributed by atoms with Crippen molar-refractivity contribution in [3.63, 3.8) is 0 Å². The van der Waals surface area contributed by atoms with Crippen LogP contribution >= 0.6 is 0 Å². The van der Waals surface area contributed by atoms with Crippen LogP contribution in [0.15, 0.2) is 48.8 Å². The Morgan fingerprint density at radius 2 is 1.70 bits per heavy atom. The van der Waals surface area contributed by atoms with Crippen LogP contribution in [0, 0.1) is 11.8 Å². The van der Waals surface area contributed by atoms with Gasteiger partial charge in [-0.1, -0.05) is 24.0 Å². The van der Waals surface area contributed by atoms with Crippen LogP contribution in [0.1, 0.15) is 61.1 Å². The van der Waals surface area contributed by atoms with Crippen LogP contribution in [0.3, 0.4) is 0 Å². The lowest BCUT2D eigenvalue weighted by Crippen LogP contribution is -2.67. The summed E-state index contributed by atoms with van der Waals surface area (Å²) in [4.78, 5) is 9.24. The Morgan fingerprint density at radius 3 is 2.42 bits per heavy atom. The molecule has 2 saturated heterocycles. The number of aliphatic hydroxyl groups is 2. The largest absolute Gasteiger partial charge is 0.395 e. The highest BCUT2D eigenvalue weighted by atomic mass is 16.3. The topological polar surface area (TPSA) is 59.8 Å². The minimum atomic E-state index is -0.799. The third-order valence-corrected chi connectivity index (χ3v) is 7.78. The van der Waals surface area contributed by atoms with Crippen LogP contribution in [-0.4, -0.2) is 68.9 Å². The van der Waals surface area contributed by atoms with Crippen molar-refractivity contribution in [2.45, 2.75) is 68.7 Å². The number of pyridine rings is 1. The SMILES string of the molecule is OC[C@@H]1[C@@H](c2ccc(C#CC3(O)CCCC3)cc2)[C@@H]2CN(Cc3ccncc3)CCCCN12. The summed E-state index contributed by atoms with van der Waals surface area (Å²) in [5, 5.41) is 20.7. The van der Waals surface area contributed by atoms with Crippen molar-refractivity contribution >= 4 is 0 Å². The second-order valence-electron chi connectivity index (χ2n) is 9.99. The quantitative estimate of drug-likeness (QED) is 0.708. The molecular formula is C28H35N3O2. The third kappa shape index (κ3) is 5.00. The number of nitrogens with zero attached hydrogens (tertiary/aromatic N) is 3. The third-order valence-electron chi connectivity index (χ3n) is 7.78. The minimum absolute atomic E-state index is 0.187. The Morgan fingerprint density at radius 1 is 0.970 bits per heavy atom. The van der Waals surface area contributed by atoms with Gasteiger partial charge in [-0.2, -0.15) is 0 Å². The summed E-state index contributed by atoms with van der Waals surface area (Å²) < 4.78 is 0. The van der Waals surface area contributed by atoms with Gasteiger partial charge >= 0.3 is 0 Å². The second kappa shape index (κ2) is 9.95. The van der Waals surface area contributed by atoms with Crippen molar-refractivity contribution in [2.75, 3.05) is 26.2 Å². The van der Waals surface area contributed by atoms with Crippen molar-refractivity contribution in [3.8, 4) is 11.8 Å². The fraction of sp³-hybridized carbons (Fsp3) is 0.536. The molecule has 0 radical (unpaired) electrons. The molecular weight excluding hydrogens is 410 g/mol. The van der Waals surface area contributed by atoms with Crippen LogP contribution in [-0.2, 0) is 6.54 Å². The summed E-state index contributed by atoms with van der Waals surface area (Å²) in [6.07, 6.45) is 9.79. The molecule has 1 aliphatic carbocycles. The summed E-state index contributed by atoms with van der Waals surface area (Å²) in [6.45, 7) is 4.33. The molecule has 3 fully saturated rings. The van der Waals surface area contributed by atoms with E-state index in [4.69, 9.17) is 0 Å². The highest BCUT2D eigenvalue weighted by Gasteiger charge is 2.49. The van der Waals surface area contributed by atoms with E-state index in [0.29, 0.717) is 12.0 Å². The lowest BCUT2D eigenvalue weighted by Gasteiger charge is -2.57. The molecule has 0 spiro atoms. The Kier molecular flexibility index (Phi) is 6.80. The number of aliphatic hydroxyl groups excluding tert-OH is 1. The van der Waals surface area contributed by atoms with Crippen LogP contribution < -0.4 is 0 Å². The van der Waals surface area contributed by atoms with Crippen molar-refractivity contribution < 1.29 is 10.2 Å². The molecule has 0 amide bonds. The molecule has 2 aliphatic heterocycles. The summed E-state index contributed by atoms with van der Waals surface area (Å²) in [7, 11) is 0. The highest BCUT2D eigenvalue weighted by molar-refractivity contribution is 5.40. The molecule has 1 aromatic heterocycles. The molecule has 33 heavy (non-hydrogen) atoms. The number of benzene rings is 1. The zero-order chi connectivity index (χ0) is 22.7. The first-order valence-corrected chi connectivity index (χ1v) is 12.5. The smallest absolute Gasteiger partial charge is 0.125 e. The van der Waals surface area contributed by atoms with Gasteiger partial charge in [0.25, 0.3) is 0 Å². The molecule has 2 aromatic rings. The molecule has 5 rings (SSSR count). The Labute approximate surface area is 197 Å². The van der Waals surface area contributed by atoms with Crippen LogP contribution in [0.2, 0.25) is 0 Å². The second-order valence-corrected chi connectivity index (χ2v) is 9.99. The summed E-state index contributed by atoms with van der Waals surface area (Å²) in [6, 6.07) is 13.3. The predicted molar refractivity (Wildman–Crippen MR) is 130 cm³/mol. The van der Waals surface area contributed by atoms with E-state index in [-0.39, 0.29) is 12.6 Å². The fourth-order valence-corrected chi connectivity index (χ4v) is 5.96. The van der Waals surface area contributed by atoms with E-state index in [1.165, 1.54) is 24.0 Å². The molecule has 0 unspecified atom stereocenters. The minimum Gasteiger partial charge on any atom is -0.395 e. The average molecular weight is 446 g/mol. The zero-order valence-corrected chi connectivity index (χ0v) is 19.4. The van der Waals surface area contributed by atoms with Gasteiger partial charge in [0.1, 0.15) is 5.60 Å². The van der Waals surface area contributed by atoms with Gasteiger partial charge < -0.3 is 10.2 Å². The van der Waals surface area contributed by atoms with E-state index in [0.717, 1.165) is 57.4 Å².